The van der Waals surface area contributed by atoms with E-state index in [9.17, 15) is 9.59 Å². The van der Waals surface area contributed by atoms with Gasteiger partial charge in [-0.3, -0.25) is 9.59 Å². The highest BCUT2D eigenvalue weighted by Crippen LogP contribution is 2.34. The Bertz CT molecular complexity index is 632. The van der Waals surface area contributed by atoms with Crippen LogP contribution in [0.5, 0.6) is 11.5 Å². The van der Waals surface area contributed by atoms with Crippen molar-refractivity contribution in [3.05, 3.63) is 24.3 Å². The Labute approximate surface area is 141 Å². The summed E-state index contributed by atoms with van der Waals surface area (Å²) in [5.74, 6) is 0.845. The van der Waals surface area contributed by atoms with Crippen LogP contribution in [0.25, 0.3) is 0 Å². The van der Waals surface area contributed by atoms with Crippen LogP contribution in [-0.4, -0.2) is 49.2 Å². The number of piperidine rings is 1. The molecule has 1 saturated heterocycles. The quantitative estimate of drug-likeness (QED) is 0.792. The summed E-state index contributed by atoms with van der Waals surface area (Å²) in [6.45, 7) is 5.15. The molecule has 1 aromatic carbocycles. The van der Waals surface area contributed by atoms with Gasteiger partial charge in [0, 0.05) is 13.1 Å². The molecule has 2 atom stereocenters. The largest absolute Gasteiger partial charge is 0.485 e. The molecule has 0 saturated carbocycles. The lowest BCUT2D eigenvalue weighted by Crippen LogP contribution is -2.54. The molecule has 2 heterocycles. The van der Waals surface area contributed by atoms with Crippen molar-refractivity contribution in [2.75, 3.05) is 26.3 Å². The van der Waals surface area contributed by atoms with E-state index in [2.05, 4.69) is 0 Å². The molecular formula is C18H23NO5. The number of para-hydroxylation sites is 2. The Morgan fingerprint density at radius 1 is 1.33 bits per heavy atom. The van der Waals surface area contributed by atoms with E-state index >= 15 is 0 Å². The number of carbonyl (C=O) groups is 2. The molecular weight excluding hydrogens is 310 g/mol. The minimum absolute atomic E-state index is 0.139. The predicted octanol–water partition coefficient (Wildman–Crippen LogP) is 2.02. The van der Waals surface area contributed by atoms with E-state index in [0.717, 1.165) is 12.8 Å². The van der Waals surface area contributed by atoms with Gasteiger partial charge in [0.25, 0.3) is 5.91 Å². The predicted molar refractivity (Wildman–Crippen MR) is 86.9 cm³/mol. The van der Waals surface area contributed by atoms with Gasteiger partial charge in [-0.1, -0.05) is 12.1 Å². The number of carbonyl (C=O) groups excluding carboxylic acids is 2. The van der Waals surface area contributed by atoms with Crippen LogP contribution >= 0.6 is 0 Å². The molecule has 6 heteroatoms. The molecule has 0 spiro atoms. The van der Waals surface area contributed by atoms with E-state index in [1.807, 2.05) is 25.1 Å². The Hall–Kier alpha value is -2.24. The third-order valence-electron chi connectivity index (χ3n) is 4.56. The standard InChI is InChI=1S/C18H23NO5/c1-3-22-17(21)18(2)9-6-10-19(12-18)16(20)15-11-23-13-7-4-5-8-14(13)24-15/h4-5,7-8,15H,3,6,9-12H2,1-2H3. The summed E-state index contributed by atoms with van der Waals surface area (Å²) in [5.41, 5.74) is -0.655. The van der Waals surface area contributed by atoms with Crippen molar-refractivity contribution in [1.82, 2.24) is 4.90 Å². The highest BCUT2D eigenvalue weighted by atomic mass is 16.6. The van der Waals surface area contributed by atoms with Gasteiger partial charge >= 0.3 is 5.97 Å². The fourth-order valence-corrected chi connectivity index (χ4v) is 3.24. The summed E-state index contributed by atoms with van der Waals surface area (Å²) in [6, 6.07) is 7.30. The Morgan fingerprint density at radius 2 is 2.08 bits per heavy atom. The molecule has 1 fully saturated rings. The van der Waals surface area contributed by atoms with Gasteiger partial charge in [-0.25, -0.2) is 0 Å². The van der Waals surface area contributed by atoms with Crippen LogP contribution in [-0.2, 0) is 14.3 Å². The number of rotatable bonds is 3. The van der Waals surface area contributed by atoms with Crippen LogP contribution in [0.1, 0.15) is 26.7 Å². The molecule has 2 unspecified atom stereocenters. The van der Waals surface area contributed by atoms with Crippen molar-refractivity contribution < 1.29 is 23.8 Å². The van der Waals surface area contributed by atoms with Gasteiger partial charge in [0.05, 0.1) is 12.0 Å². The number of likely N-dealkylation sites (tertiary alicyclic amines) is 1. The number of amides is 1. The fourth-order valence-electron chi connectivity index (χ4n) is 3.24. The van der Waals surface area contributed by atoms with Gasteiger partial charge in [0.1, 0.15) is 6.61 Å². The van der Waals surface area contributed by atoms with Crippen molar-refractivity contribution in [3.63, 3.8) is 0 Å². The summed E-state index contributed by atoms with van der Waals surface area (Å²) in [4.78, 5) is 26.7. The van der Waals surface area contributed by atoms with Crippen LogP contribution in [0.2, 0.25) is 0 Å². The maximum atomic E-state index is 12.8. The molecule has 130 valence electrons. The van der Waals surface area contributed by atoms with E-state index in [-0.39, 0.29) is 18.5 Å². The maximum Gasteiger partial charge on any atom is 0.313 e. The first-order valence-corrected chi connectivity index (χ1v) is 8.38. The summed E-state index contributed by atoms with van der Waals surface area (Å²) in [5, 5.41) is 0. The van der Waals surface area contributed by atoms with Crippen LogP contribution in [0.15, 0.2) is 24.3 Å². The lowest BCUT2D eigenvalue weighted by molar-refractivity contribution is -0.161. The van der Waals surface area contributed by atoms with Crippen molar-refractivity contribution >= 4 is 11.9 Å². The lowest BCUT2D eigenvalue weighted by Gasteiger charge is -2.40. The van der Waals surface area contributed by atoms with Crippen molar-refractivity contribution in [2.24, 2.45) is 5.41 Å². The minimum Gasteiger partial charge on any atom is -0.485 e. The zero-order valence-corrected chi connectivity index (χ0v) is 14.1. The zero-order chi connectivity index (χ0) is 17.2. The van der Waals surface area contributed by atoms with Crippen molar-refractivity contribution in [3.8, 4) is 11.5 Å². The Morgan fingerprint density at radius 3 is 2.83 bits per heavy atom. The Kier molecular flexibility index (Phi) is 4.64. The summed E-state index contributed by atoms with van der Waals surface area (Å²) < 4.78 is 16.6. The molecule has 0 N–H and O–H groups in total. The van der Waals surface area contributed by atoms with E-state index in [1.165, 1.54) is 0 Å². The van der Waals surface area contributed by atoms with E-state index in [0.29, 0.717) is 31.2 Å². The third-order valence-corrected chi connectivity index (χ3v) is 4.56. The van der Waals surface area contributed by atoms with Gasteiger partial charge in [-0.05, 0) is 38.8 Å². The van der Waals surface area contributed by atoms with E-state index in [4.69, 9.17) is 14.2 Å². The molecule has 24 heavy (non-hydrogen) atoms. The molecule has 0 radical (unpaired) electrons. The number of benzene rings is 1. The van der Waals surface area contributed by atoms with Crippen molar-refractivity contribution in [1.29, 1.82) is 0 Å². The number of hydrogen-bond acceptors (Lipinski definition) is 5. The maximum absolute atomic E-state index is 12.8. The molecule has 1 amide bonds. The van der Waals surface area contributed by atoms with Gasteiger partial charge < -0.3 is 19.1 Å². The zero-order valence-electron chi connectivity index (χ0n) is 14.1. The van der Waals surface area contributed by atoms with E-state index in [1.54, 1.807) is 17.9 Å². The van der Waals surface area contributed by atoms with Crippen LogP contribution < -0.4 is 9.47 Å². The first-order valence-electron chi connectivity index (χ1n) is 8.38. The second-order valence-electron chi connectivity index (χ2n) is 6.51. The topological polar surface area (TPSA) is 65.1 Å². The average Bonchev–Trinajstić information content (AvgIpc) is 2.61. The van der Waals surface area contributed by atoms with Crippen LogP contribution in [0, 0.1) is 5.41 Å². The van der Waals surface area contributed by atoms with Crippen molar-refractivity contribution in [2.45, 2.75) is 32.8 Å². The van der Waals surface area contributed by atoms with Crippen LogP contribution in [0.3, 0.4) is 0 Å². The Balaban J connectivity index is 1.68. The average molecular weight is 333 g/mol. The molecule has 0 bridgehead atoms. The fraction of sp³-hybridized carbons (Fsp3) is 0.556. The van der Waals surface area contributed by atoms with Crippen LogP contribution in [0.4, 0.5) is 0 Å². The summed E-state index contributed by atoms with van der Waals surface area (Å²) in [7, 11) is 0. The molecule has 2 aliphatic heterocycles. The minimum atomic E-state index is -0.676. The van der Waals surface area contributed by atoms with Gasteiger partial charge in [0.15, 0.2) is 11.5 Å². The normalized spacial score (nSPS) is 25.9. The highest BCUT2D eigenvalue weighted by molar-refractivity contribution is 5.84. The molecule has 0 aliphatic carbocycles. The number of esters is 1. The van der Waals surface area contributed by atoms with Gasteiger partial charge in [0.2, 0.25) is 6.10 Å². The number of fused-ring (bicyclic) bond motifs is 1. The number of nitrogens with zero attached hydrogens (tertiary/aromatic N) is 1. The third kappa shape index (κ3) is 3.18. The molecule has 1 aromatic rings. The first-order chi connectivity index (χ1) is 11.5. The molecule has 3 rings (SSSR count). The highest BCUT2D eigenvalue weighted by Gasteiger charge is 2.42. The first kappa shape index (κ1) is 16.6. The lowest BCUT2D eigenvalue weighted by atomic mass is 9.81. The van der Waals surface area contributed by atoms with E-state index < -0.39 is 11.5 Å². The summed E-state index contributed by atoms with van der Waals surface area (Å²) >= 11 is 0. The van der Waals surface area contributed by atoms with Gasteiger partial charge in [-0.15, -0.1) is 0 Å². The molecule has 0 aromatic heterocycles. The SMILES string of the molecule is CCOC(=O)C1(C)CCCN(C(=O)C2COc3ccccc3O2)C1. The molecule has 2 aliphatic rings. The second kappa shape index (κ2) is 6.71. The van der Waals surface area contributed by atoms with Gasteiger partial charge in [-0.2, -0.15) is 0 Å². The second-order valence-corrected chi connectivity index (χ2v) is 6.51. The number of ether oxygens (including phenoxy) is 3. The smallest absolute Gasteiger partial charge is 0.313 e. The molecule has 6 nitrogen and oxygen atoms in total. The number of hydrogen-bond donors (Lipinski definition) is 0. The summed E-state index contributed by atoms with van der Waals surface area (Å²) in [6.07, 6.45) is 0.815. The monoisotopic (exact) mass is 333 g/mol.